The van der Waals surface area contributed by atoms with Crippen molar-refractivity contribution >= 4 is 50.0 Å². The summed E-state index contributed by atoms with van der Waals surface area (Å²) in [6.07, 6.45) is 4.89. The Morgan fingerprint density at radius 1 is 1.33 bits per heavy atom. The highest BCUT2D eigenvalue weighted by molar-refractivity contribution is 7.99. The minimum Gasteiger partial charge on any atom is -0.360 e. The fourth-order valence-electron chi connectivity index (χ4n) is 3.74. The Bertz CT molecular complexity index is 1270. The van der Waals surface area contributed by atoms with Crippen LogP contribution in [0, 0.1) is 0 Å². The SMILES string of the molecule is Cn1c(SCC(=O)c2c[nH]c3ccccc23)nc2sc3c(c2c1=O)CCC3. The third kappa shape index (κ3) is 2.64. The molecule has 0 saturated carbocycles. The third-order valence-corrected chi connectivity index (χ3v) is 7.34. The Kier molecular flexibility index (Phi) is 3.94. The molecule has 0 amide bonds. The van der Waals surface area contributed by atoms with E-state index in [1.165, 1.54) is 22.2 Å². The van der Waals surface area contributed by atoms with Crippen molar-refractivity contribution in [3.8, 4) is 0 Å². The van der Waals surface area contributed by atoms with Crippen LogP contribution in [0.3, 0.4) is 0 Å². The van der Waals surface area contributed by atoms with Crippen LogP contribution < -0.4 is 5.56 Å². The van der Waals surface area contributed by atoms with E-state index < -0.39 is 0 Å². The molecule has 3 heterocycles. The molecular formula is C20H17N3O2S2. The van der Waals surface area contributed by atoms with Crippen molar-refractivity contribution in [2.75, 3.05) is 5.75 Å². The van der Waals surface area contributed by atoms with Gasteiger partial charge >= 0.3 is 0 Å². The number of aromatic nitrogens is 3. The van der Waals surface area contributed by atoms with Gasteiger partial charge in [0, 0.05) is 34.6 Å². The molecule has 1 aliphatic carbocycles. The molecule has 0 unspecified atom stereocenters. The summed E-state index contributed by atoms with van der Waals surface area (Å²) < 4.78 is 1.58. The van der Waals surface area contributed by atoms with E-state index in [0.717, 1.165) is 40.4 Å². The van der Waals surface area contributed by atoms with Crippen molar-refractivity contribution in [1.29, 1.82) is 0 Å². The molecule has 0 bridgehead atoms. The van der Waals surface area contributed by atoms with E-state index in [1.807, 2.05) is 24.3 Å². The van der Waals surface area contributed by atoms with Crippen LogP contribution in [0.2, 0.25) is 0 Å². The van der Waals surface area contributed by atoms with Crippen LogP contribution in [0.25, 0.3) is 21.1 Å². The van der Waals surface area contributed by atoms with Gasteiger partial charge in [-0.15, -0.1) is 11.3 Å². The Hall–Kier alpha value is -2.38. The van der Waals surface area contributed by atoms with E-state index in [9.17, 15) is 9.59 Å². The number of ketones is 1. The number of aromatic amines is 1. The predicted octanol–water partition coefficient (Wildman–Crippen LogP) is 3.94. The summed E-state index contributed by atoms with van der Waals surface area (Å²) in [6, 6.07) is 7.76. The summed E-state index contributed by atoms with van der Waals surface area (Å²) in [5.41, 5.74) is 2.82. The molecule has 27 heavy (non-hydrogen) atoms. The van der Waals surface area contributed by atoms with Gasteiger partial charge in [0.25, 0.3) is 5.56 Å². The molecule has 5 rings (SSSR count). The number of thiophene rings is 1. The first-order chi connectivity index (χ1) is 13.1. The molecule has 136 valence electrons. The maximum absolute atomic E-state index is 12.8. The number of aryl methyl sites for hydroxylation is 2. The van der Waals surface area contributed by atoms with Crippen LogP contribution in [0.15, 0.2) is 40.4 Å². The van der Waals surface area contributed by atoms with Crippen LogP contribution >= 0.6 is 23.1 Å². The maximum Gasteiger partial charge on any atom is 0.262 e. The predicted molar refractivity (Wildman–Crippen MR) is 110 cm³/mol. The number of benzene rings is 1. The molecule has 1 N–H and O–H groups in total. The van der Waals surface area contributed by atoms with Crippen LogP contribution in [0.4, 0.5) is 0 Å². The second-order valence-corrected chi connectivity index (χ2v) is 8.78. The molecule has 5 nitrogen and oxygen atoms in total. The topological polar surface area (TPSA) is 67.8 Å². The lowest BCUT2D eigenvalue weighted by Gasteiger charge is -2.07. The van der Waals surface area contributed by atoms with Crippen LogP contribution in [0.1, 0.15) is 27.2 Å². The van der Waals surface area contributed by atoms with Gasteiger partial charge < -0.3 is 4.98 Å². The highest BCUT2D eigenvalue weighted by Crippen LogP contribution is 2.35. The normalized spacial score (nSPS) is 13.5. The highest BCUT2D eigenvalue weighted by atomic mass is 32.2. The monoisotopic (exact) mass is 395 g/mol. The summed E-state index contributed by atoms with van der Waals surface area (Å²) in [5, 5.41) is 2.30. The zero-order valence-electron chi connectivity index (χ0n) is 14.7. The van der Waals surface area contributed by atoms with E-state index >= 15 is 0 Å². The van der Waals surface area contributed by atoms with Crippen molar-refractivity contribution in [1.82, 2.24) is 14.5 Å². The molecule has 4 aromatic rings. The zero-order valence-corrected chi connectivity index (χ0v) is 16.4. The van der Waals surface area contributed by atoms with Crippen molar-refractivity contribution in [2.24, 2.45) is 7.05 Å². The average Bonchev–Trinajstić information content (AvgIpc) is 3.36. The molecule has 0 aliphatic heterocycles. The fourth-order valence-corrected chi connectivity index (χ4v) is 5.90. The zero-order chi connectivity index (χ0) is 18.5. The number of para-hydroxylation sites is 1. The number of thioether (sulfide) groups is 1. The summed E-state index contributed by atoms with van der Waals surface area (Å²) in [6.45, 7) is 0. The largest absolute Gasteiger partial charge is 0.360 e. The first-order valence-electron chi connectivity index (χ1n) is 8.87. The number of nitrogens with one attached hydrogen (secondary N) is 1. The average molecular weight is 396 g/mol. The van der Waals surface area contributed by atoms with Gasteiger partial charge in [-0.1, -0.05) is 30.0 Å². The molecule has 0 saturated heterocycles. The van der Waals surface area contributed by atoms with Gasteiger partial charge in [-0.25, -0.2) is 4.98 Å². The molecule has 0 radical (unpaired) electrons. The molecule has 1 aliphatic rings. The summed E-state index contributed by atoms with van der Waals surface area (Å²) >= 11 is 2.96. The smallest absolute Gasteiger partial charge is 0.262 e. The third-order valence-electron chi connectivity index (χ3n) is 5.13. The van der Waals surface area contributed by atoms with Crippen molar-refractivity contribution in [3.05, 3.63) is 56.8 Å². The number of hydrogen-bond acceptors (Lipinski definition) is 5. The van der Waals surface area contributed by atoms with Crippen LogP contribution in [-0.4, -0.2) is 26.1 Å². The second kappa shape index (κ2) is 6.35. The van der Waals surface area contributed by atoms with E-state index in [1.54, 1.807) is 29.1 Å². The number of Topliss-reactive ketones (excluding diaryl/α,β-unsaturated/α-hetero) is 1. The van der Waals surface area contributed by atoms with Crippen molar-refractivity contribution in [3.63, 3.8) is 0 Å². The van der Waals surface area contributed by atoms with Crippen molar-refractivity contribution < 1.29 is 4.79 Å². The number of nitrogens with zero attached hydrogens (tertiary/aromatic N) is 2. The lowest BCUT2D eigenvalue weighted by molar-refractivity contribution is 0.102. The Balaban J connectivity index is 1.46. The van der Waals surface area contributed by atoms with Gasteiger partial charge in [0.1, 0.15) is 4.83 Å². The number of hydrogen-bond donors (Lipinski definition) is 1. The van der Waals surface area contributed by atoms with Gasteiger partial charge in [-0.3, -0.25) is 14.2 Å². The molecular weight excluding hydrogens is 378 g/mol. The second-order valence-electron chi connectivity index (χ2n) is 6.76. The Labute approximate surface area is 163 Å². The first kappa shape index (κ1) is 16.8. The molecule has 0 spiro atoms. The lowest BCUT2D eigenvalue weighted by Crippen LogP contribution is -2.20. The summed E-state index contributed by atoms with van der Waals surface area (Å²) in [5.74, 6) is 0.277. The number of carbonyl (C=O) groups excluding carboxylic acids is 1. The molecule has 3 aromatic heterocycles. The van der Waals surface area contributed by atoms with Gasteiger partial charge in [0.05, 0.1) is 11.1 Å². The van der Waals surface area contributed by atoms with Gasteiger partial charge in [-0.05, 0) is 30.9 Å². The number of carbonyl (C=O) groups is 1. The van der Waals surface area contributed by atoms with E-state index in [2.05, 4.69) is 4.98 Å². The fraction of sp³-hybridized carbons (Fsp3) is 0.250. The number of H-pyrrole nitrogens is 1. The Morgan fingerprint density at radius 2 is 2.19 bits per heavy atom. The standard InChI is InChI=1S/C20H17N3O2S2/c1-23-19(25)17-12-6-4-8-16(12)27-18(17)22-20(23)26-10-15(24)13-9-21-14-7-3-2-5-11(13)14/h2-3,5,7,9,21H,4,6,8,10H2,1H3. The van der Waals surface area contributed by atoms with E-state index in [4.69, 9.17) is 4.98 Å². The lowest BCUT2D eigenvalue weighted by atomic mass is 10.1. The van der Waals surface area contributed by atoms with Crippen LogP contribution in [-0.2, 0) is 19.9 Å². The van der Waals surface area contributed by atoms with Gasteiger partial charge in [-0.2, -0.15) is 0 Å². The number of rotatable bonds is 4. The molecule has 1 aromatic carbocycles. The van der Waals surface area contributed by atoms with Gasteiger partial charge in [0.15, 0.2) is 10.9 Å². The molecule has 7 heteroatoms. The first-order valence-corrected chi connectivity index (χ1v) is 10.7. The quantitative estimate of drug-likeness (QED) is 0.323. The number of fused-ring (bicyclic) bond motifs is 4. The highest BCUT2D eigenvalue weighted by Gasteiger charge is 2.23. The van der Waals surface area contributed by atoms with E-state index in [-0.39, 0.29) is 17.1 Å². The van der Waals surface area contributed by atoms with Crippen molar-refractivity contribution in [2.45, 2.75) is 24.4 Å². The minimum atomic E-state index is 0.00134. The van der Waals surface area contributed by atoms with Crippen LogP contribution in [0.5, 0.6) is 0 Å². The summed E-state index contributed by atoms with van der Waals surface area (Å²) in [4.78, 5) is 35.5. The molecule has 0 atom stereocenters. The minimum absolute atomic E-state index is 0.00134. The van der Waals surface area contributed by atoms with E-state index in [0.29, 0.717) is 10.7 Å². The Morgan fingerprint density at radius 3 is 3.07 bits per heavy atom. The maximum atomic E-state index is 12.8. The summed E-state index contributed by atoms with van der Waals surface area (Å²) in [7, 11) is 1.74. The molecule has 0 fully saturated rings. The van der Waals surface area contributed by atoms with Gasteiger partial charge in [0.2, 0.25) is 0 Å².